The summed E-state index contributed by atoms with van der Waals surface area (Å²) in [5, 5.41) is 4.74. The maximum Gasteiger partial charge on any atom is 0.425 e. The molecule has 136 valence electrons. The average molecular weight is 400 g/mol. The van der Waals surface area contributed by atoms with Gasteiger partial charge in [0.1, 0.15) is 4.88 Å². The summed E-state index contributed by atoms with van der Waals surface area (Å²) in [5.74, 6) is -0.303. The van der Waals surface area contributed by atoms with Gasteiger partial charge in [-0.05, 0) is 43.2 Å². The van der Waals surface area contributed by atoms with Crippen LogP contribution in [-0.4, -0.2) is 27.0 Å². The number of fused-ring (bicyclic) bond motifs is 2. The highest BCUT2D eigenvalue weighted by Gasteiger charge is 2.37. The first-order chi connectivity index (χ1) is 12.2. The summed E-state index contributed by atoms with van der Waals surface area (Å²) < 4.78 is 40.5. The summed E-state index contributed by atoms with van der Waals surface area (Å²) in [4.78, 5) is 14.5. The van der Waals surface area contributed by atoms with E-state index in [4.69, 9.17) is 11.6 Å². The van der Waals surface area contributed by atoms with Gasteiger partial charge in [-0.25, -0.2) is 4.52 Å². The number of carbonyl (C=O) groups is 1. The van der Waals surface area contributed by atoms with E-state index in [0.29, 0.717) is 28.4 Å². The predicted octanol–water partition coefficient (Wildman–Crippen LogP) is 4.83. The van der Waals surface area contributed by atoms with E-state index in [9.17, 15) is 18.0 Å². The summed E-state index contributed by atoms with van der Waals surface area (Å²) in [6.45, 7) is 2.11. The molecule has 4 rings (SSSR count). The number of rotatable bonds is 1. The molecule has 0 aliphatic carbocycles. The molecule has 26 heavy (non-hydrogen) atoms. The van der Waals surface area contributed by atoms with Crippen molar-refractivity contribution in [2.24, 2.45) is 0 Å². The molecular weight excluding hydrogens is 387 g/mol. The number of nitrogens with zero attached hydrogens (tertiary/aromatic N) is 3. The first kappa shape index (κ1) is 17.4. The topological polar surface area (TPSA) is 37.6 Å². The van der Waals surface area contributed by atoms with Gasteiger partial charge in [-0.15, -0.1) is 11.3 Å². The van der Waals surface area contributed by atoms with Gasteiger partial charge in [0.05, 0.1) is 16.6 Å². The van der Waals surface area contributed by atoms with Crippen LogP contribution >= 0.6 is 22.9 Å². The zero-order valence-corrected chi connectivity index (χ0v) is 15.1. The molecule has 0 radical (unpaired) electrons. The van der Waals surface area contributed by atoms with Crippen LogP contribution in [0.4, 0.5) is 13.2 Å². The van der Waals surface area contributed by atoms with Crippen LogP contribution in [0.3, 0.4) is 0 Å². The Bertz CT molecular complexity index is 1010. The maximum atomic E-state index is 13.0. The van der Waals surface area contributed by atoms with Gasteiger partial charge in [0.2, 0.25) is 0 Å². The van der Waals surface area contributed by atoms with Crippen molar-refractivity contribution in [3.8, 4) is 0 Å². The Morgan fingerprint density at radius 3 is 2.85 bits per heavy atom. The van der Waals surface area contributed by atoms with E-state index in [-0.39, 0.29) is 11.6 Å². The standard InChI is InChI=1S/C17H13ClF3N3OS/c1-9-12-7-15(17(19,20)21)26-14(12)4-5-23(9)16(25)13-6-11-3-2-10(18)8-24(11)22-13/h2-3,6-9H,4-5H2,1H3. The number of thiophene rings is 1. The molecular formula is C17H13ClF3N3OS. The Hall–Kier alpha value is -2.06. The van der Waals surface area contributed by atoms with Crippen molar-refractivity contribution in [1.29, 1.82) is 0 Å². The Morgan fingerprint density at radius 2 is 2.12 bits per heavy atom. The van der Waals surface area contributed by atoms with Crippen LogP contribution < -0.4 is 0 Å². The van der Waals surface area contributed by atoms with E-state index in [1.54, 1.807) is 36.2 Å². The first-order valence-corrected chi connectivity index (χ1v) is 9.09. The summed E-state index contributed by atoms with van der Waals surface area (Å²) in [7, 11) is 0. The molecule has 1 amide bonds. The van der Waals surface area contributed by atoms with Crippen LogP contribution in [-0.2, 0) is 12.6 Å². The number of amides is 1. The van der Waals surface area contributed by atoms with Crippen LogP contribution in [0.1, 0.15) is 38.8 Å². The van der Waals surface area contributed by atoms with Gasteiger partial charge in [-0.3, -0.25) is 4.79 Å². The zero-order chi connectivity index (χ0) is 18.6. The highest BCUT2D eigenvalue weighted by atomic mass is 35.5. The smallest absolute Gasteiger partial charge is 0.330 e. The van der Waals surface area contributed by atoms with Crippen molar-refractivity contribution in [2.45, 2.75) is 25.6 Å². The molecule has 0 aromatic carbocycles. The highest BCUT2D eigenvalue weighted by Crippen LogP contribution is 2.42. The van der Waals surface area contributed by atoms with Gasteiger partial charge in [0.15, 0.2) is 5.69 Å². The van der Waals surface area contributed by atoms with Gasteiger partial charge >= 0.3 is 6.18 Å². The number of carbonyl (C=O) groups excluding carboxylic acids is 1. The van der Waals surface area contributed by atoms with Gasteiger partial charge in [0.25, 0.3) is 5.91 Å². The molecule has 4 heterocycles. The molecule has 3 aromatic rings. The van der Waals surface area contributed by atoms with E-state index < -0.39 is 17.1 Å². The lowest BCUT2D eigenvalue weighted by Crippen LogP contribution is -2.38. The van der Waals surface area contributed by atoms with E-state index in [1.165, 1.54) is 4.52 Å². The van der Waals surface area contributed by atoms with Crippen molar-refractivity contribution >= 4 is 34.4 Å². The Balaban J connectivity index is 1.65. The molecule has 0 N–H and O–H groups in total. The fraction of sp³-hybridized carbons (Fsp3) is 0.294. The van der Waals surface area contributed by atoms with Crippen LogP contribution in [0.15, 0.2) is 30.5 Å². The van der Waals surface area contributed by atoms with E-state index >= 15 is 0 Å². The minimum absolute atomic E-state index is 0.244. The number of hydrogen-bond donors (Lipinski definition) is 0. The van der Waals surface area contributed by atoms with E-state index in [1.807, 2.05) is 0 Å². The normalized spacial score (nSPS) is 17.6. The van der Waals surface area contributed by atoms with Crippen LogP contribution in [0.5, 0.6) is 0 Å². The first-order valence-electron chi connectivity index (χ1n) is 7.90. The molecule has 0 bridgehead atoms. The summed E-state index contributed by atoms with van der Waals surface area (Å²) >= 11 is 6.69. The molecule has 9 heteroatoms. The average Bonchev–Trinajstić information content (AvgIpc) is 3.18. The third-order valence-corrected chi connectivity index (χ3v) is 6.00. The predicted molar refractivity (Wildman–Crippen MR) is 92.7 cm³/mol. The quantitative estimate of drug-likeness (QED) is 0.588. The van der Waals surface area contributed by atoms with Crippen molar-refractivity contribution in [3.63, 3.8) is 0 Å². The van der Waals surface area contributed by atoms with Crippen molar-refractivity contribution in [2.75, 3.05) is 6.54 Å². The fourth-order valence-corrected chi connectivity index (χ4v) is 4.47. The van der Waals surface area contributed by atoms with Crippen molar-refractivity contribution < 1.29 is 18.0 Å². The van der Waals surface area contributed by atoms with E-state index in [0.717, 1.165) is 22.9 Å². The van der Waals surface area contributed by atoms with E-state index in [2.05, 4.69) is 5.10 Å². The van der Waals surface area contributed by atoms with Crippen LogP contribution in [0.25, 0.3) is 5.52 Å². The summed E-state index contributed by atoms with van der Waals surface area (Å²) in [6.07, 6.45) is -2.36. The number of hydrogen-bond acceptors (Lipinski definition) is 3. The second kappa shape index (κ2) is 5.99. The lowest BCUT2D eigenvalue weighted by Gasteiger charge is -2.33. The second-order valence-electron chi connectivity index (χ2n) is 6.16. The molecule has 0 saturated carbocycles. The summed E-state index contributed by atoms with van der Waals surface area (Å²) in [5.41, 5.74) is 1.53. The molecule has 1 unspecified atom stereocenters. The molecule has 0 fully saturated rings. The molecule has 1 atom stereocenters. The lowest BCUT2D eigenvalue weighted by atomic mass is 10.0. The van der Waals surface area contributed by atoms with Gasteiger partial charge in [-0.2, -0.15) is 18.3 Å². The number of pyridine rings is 1. The van der Waals surface area contributed by atoms with Crippen LogP contribution in [0.2, 0.25) is 5.02 Å². The Morgan fingerprint density at radius 1 is 1.35 bits per heavy atom. The fourth-order valence-electron chi connectivity index (χ4n) is 3.21. The molecule has 1 aliphatic rings. The Kier molecular flexibility index (Phi) is 4.00. The third kappa shape index (κ3) is 2.87. The van der Waals surface area contributed by atoms with Gasteiger partial charge in [-0.1, -0.05) is 11.6 Å². The molecule has 0 saturated heterocycles. The lowest BCUT2D eigenvalue weighted by molar-refractivity contribution is -0.134. The number of aromatic nitrogens is 2. The van der Waals surface area contributed by atoms with Crippen molar-refractivity contribution in [3.05, 3.63) is 56.5 Å². The number of alkyl halides is 3. The molecule has 4 nitrogen and oxygen atoms in total. The molecule has 3 aromatic heterocycles. The SMILES string of the molecule is CC1c2cc(C(F)(F)F)sc2CCN1C(=O)c1cc2ccc(Cl)cn2n1. The van der Waals surface area contributed by atoms with Gasteiger partial charge in [0, 0.05) is 17.6 Å². The minimum Gasteiger partial charge on any atom is -0.330 e. The van der Waals surface area contributed by atoms with Gasteiger partial charge < -0.3 is 4.90 Å². The highest BCUT2D eigenvalue weighted by molar-refractivity contribution is 7.12. The molecule has 0 spiro atoms. The maximum absolute atomic E-state index is 13.0. The summed E-state index contributed by atoms with van der Waals surface area (Å²) in [6, 6.07) is 5.82. The van der Waals surface area contributed by atoms with Crippen LogP contribution in [0, 0.1) is 0 Å². The second-order valence-corrected chi connectivity index (χ2v) is 7.73. The third-order valence-electron chi connectivity index (χ3n) is 4.52. The minimum atomic E-state index is -4.36. The van der Waals surface area contributed by atoms with Crippen molar-refractivity contribution in [1.82, 2.24) is 14.5 Å². The zero-order valence-electron chi connectivity index (χ0n) is 13.5. The largest absolute Gasteiger partial charge is 0.425 e. The molecule has 1 aliphatic heterocycles. The number of halogens is 4. The monoisotopic (exact) mass is 399 g/mol. The Labute approximate surface area is 155 Å².